The average molecular weight is 331 g/mol. The highest BCUT2D eigenvalue weighted by Gasteiger charge is 2.18. The van der Waals surface area contributed by atoms with E-state index in [4.69, 9.17) is 4.74 Å². The van der Waals surface area contributed by atoms with E-state index in [1.165, 1.54) is 11.1 Å². The van der Waals surface area contributed by atoms with Crippen molar-refractivity contribution in [3.8, 4) is 0 Å². The SMILES string of the molecule is O=C(NCCN1CCCOCC1)NC[C@H]1CCc2ccccc2C1. The summed E-state index contributed by atoms with van der Waals surface area (Å²) in [5.41, 5.74) is 2.92. The van der Waals surface area contributed by atoms with Crippen LogP contribution in [0.5, 0.6) is 0 Å². The van der Waals surface area contributed by atoms with Gasteiger partial charge in [-0.05, 0) is 42.7 Å². The third kappa shape index (κ3) is 5.21. The number of hydrogen-bond acceptors (Lipinski definition) is 3. The minimum absolute atomic E-state index is 0.0417. The van der Waals surface area contributed by atoms with Crippen LogP contribution in [0.15, 0.2) is 24.3 Å². The number of nitrogens with zero attached hydrogens (tertiary/aromatic N) is 1. The molecule has 1 atom stereocenters. The molecule has 1 aliphatic carbocycles. The lowest BCUT2D eigenvalue weighted by molar-refractivity contribution is 0.141. The number of hydrogen-bond donors (Lipinski definition) is 2. The van der Waals surface area contributed by atoms with E-state index in [2.05, 4.69) is 39.8 Å². The van der Waals surface area contributed by atoms with Gasteiger partial charge in [0.05, 0.1) is 6.61 Å². The van der Waals surface area contributed by atoms with Crippen molar-refractivity contribution in [3.05, 3.63) is 35.4 Å². The maximum atomic E-state index is 12.0. The number of fused-ring (bicyclic) bond motifs is 1. The molecule has 0 unspecified atom stereocenters. The van der Waals surface area contributed by atoms with Crippen molar-refractivity contribution in [1.29, 1.82) is 0 Å². The van der Waals surface area contributed by atoms with Crippen molar-refractivity contribution in [2.45, 2.75) is 25.7 Å². The molecule has 1 saturated heterocycles. The molecule has 0 saturated carbocycles. The van der Waals surface area contributed by atoms with Crippen LogP contribution in [0, 0.1) is 5.92 Å². The highest BCUT2D eigenvalue weighted by atomic mass is 16.5. The highest BCUT2D eigenvalue weighted by molar-refractivity contribution is 5.73. The zero-order valence-electron chi connectivity index (χ0n) is 14.4. The van der Waals surface area contributed by atoms with Crippen molar-refractivity contribution >= 4 is 6.03 Å². The molecule has 0 aromatic heterocycles. The van der Waals surface area contributed by atoms with Gasteiger partial charge in [0.2, 0.25) is 0 Å². The second-order valence-electron chi connectivity index (χ2n) is 6.82. The lowest BCUT2D eigenvalue weighted by atomic mass is 9.84. The molecule has 5 nitrogen and oxygen atoms in total. The third-order valence-corrected chi connectivity index (χ3v) is 5.03. The lowest BCUT2D eigenvalue weighted by Gasteiger charge is -2.25. The fraction of sp³-hybridized carbons (Fsp3) is 0.632. The first-order chi connectivity index (χ1) is 11.8. The molecule has 1 aliphatic heterocycles. The van der Waals surface area contributed by atoms with Crippen LogP contribution in [-0.2, 0) is 17.6 Å². The molecule has 1 aromatic carbocycles. The van der Waals surface area contributed by atoms with E-state index in [1.807, 2.05) is 0 Å². The Kier molecular flexibility index (Phi) is 6.49. The lowest BCUT2D eigenvalue weighted by Crippen LogP contribution is -2.42. The van der Waals surface area contributed by atoms with Gasteiger partial charge in [0.15, 0.2) is 0 Å². The molecule has 1 heterocycles. The summed E-state index contributed by atoms with van der Waals surface area (Å²) in [6.45, 7) is 6.03. The number of urea groups is 1. The second kappa shape index (κ2) is 9.04. The van der Waals surface area contributed by atoms with Crippen LogP contribution in [0.3, 0.4) is 0 Å². The predicted octanol–water partition coefficient (Wildman–Crippen LogP) is 1.81. The van der Waals surface area contributed by atoms with E-state index in [9.17, 15) is 4.79 Å². The van der Waals surface area contributed by atoms with E-state index in [-0.39, 0.29) is 6.03 Å². The molecule has 2 amide bonds. The van der Waals surface area contributed by atoms with Crippen molar-refractivity contribution in [2.75, 3.05) is 45.9 Å². The summed E-state index contributed by atoms with van der Waals surface area (Å²) in [4.78, 5) is 14.3. The summed E-state index contributed by atoms with van der Waals surface area (Å²) >= 11 is 0. The molecule has 0 radical (unpaired) electrons. The summed E-state index contributed by atoms with van der Waals surface area (Å²) in [5, 5.41) is 6.02. The molecule has 2 N–H and O–H groups in total. The predicted molar refractivity (Wildman–Crippen MR) is 95.2 cm³/mol. The largest absolute Gasteiger partial charge is 0.380 e. The van der Waals surface area contributed by atoms with Gasteiger partial charge in [0, 0.05) is 39.3 Å². The van der Waals surface area contributed by atoms with Crippen molar-refractivity contribution in [3.63, 3.8) is 0 Å². The van der Waals surface area contributed by atoms with Gasteiger partial charge in [-0.25, -0.2) is 4.79 Å². The average Bonchev–Trinajstić information content (AvgIpc) is 2.89. The minimum Gasteiger partial charge on any atom is -0.380 e. The Labute approximate surface area is 144 Å². The summed E-state index contributed by atoms with van der Waals surface area (Å²) in [6.07, 6.45) is 4.44. The first kappa shape index (κ1) is 17.2. The topological polar surface area (TPSA) is 53.6 Å². The fourth-order valence-electron chi connectivity index (χ4n) is 3.60. The van der Waals surface area contributed by atoms with Gasteiger partial charge < -0.3 is 15.4 Å². The molecule has 1 aromatic rings. The van der Waals surface area contributed by atoms with Gasteiger partial charge in [0.25, 0.3) is 0 Å². The zero-order chi connectivity index (χ0) is 16.6. The summed E-state index contributed by atoms with van der Waals surface area (Å²) < 4.78 is 5.44. The van der Waals surface area contributed by atoms with Gasteiger partial charge in [-0.2, -0.15) is 0 Å². The number of carbonyl (C=O) groups excluding carboxylic acids is 1. The summed E-state index contributed by atoms with van der Waals surface area (Å²) in [5.74, 6) is 0.549. The highest BCUT2D eigenvalue weighted by Crippen LogP contribution is 2.24. The maximum Gasteiger partial charge on any atom is 0.314 e. The summed E-state index contributed by atoms with van der Waals surface area (Å²) in [7, 11) is 0. The van der Waals surface area contributed by atoms with Gasteiger partial charge in [-0.1, -0.05) is 24.3 Å². The molecule has 1 fully saturated rings. The molecule has 5 heteroatoms. The Morgan fingerprint density at radius 3 is 2.96 bits per heavy atom. The molecular formula is C19H29N3O2. The molecule has 0 spiro atoms. The van der Waals surface area contributed by atoms with E-state index in [1.54, 1.807) is 0 Å². The van der Waals surface area contributed by atoms with Crippen molar-refractivity contribution in [2.24, 2.45) is 5.92 Å². The van der Waals surface area contributed by atoms with E-state index < -0.39 is 0 Å². The Hall–Kier alpha value is -1.59. The number of carbonyl (C=O) groups is 1. The van der Waals surface area contributed by atoms with Crippen molar-refractivity contribution in [1.82, 2.24) is 15.5 Å². The first-order valence-corrected chi connectivity index (χ1v) is 9.20. The molecule has 3 rings (SSSR count). The van der Waals surface area contributed by atoms with Crippen LogP contribution in [0.1, 0.15) is 24.0 Å². The maximum absolute atomic E-state index is 12.0. The molecule has 24 heavy (non-hydrogen) atoms. The zero-order valence-corrected chi connectivity index (χ0v) is 14.4. The monoisotopic (exact) mass is 331 g/mol. The normalized spacial score (nSPS) is 21.6. The molecular weight excluding hydrogens is 302 g/mol. The Morgan fingerprint density at radius 1 is 1.17 bits per heavy atom. The quantitative estimate of drug-likeness (QED) is 0.865. The minimum atomic E-state index is -0.0417. The van der Waals surface area contributed by atoms with E-state index in [0.29, 0.717) is 12.5 Å². The summed E-state index contributed by atoms with van der Waals surface area (Å²) in [6, 6.07) is 8.61. The number of aryl methyl sites for hydroxylation is 1. The van der Waals surface area contributed by atoms with Gasteiger partial charge >= 0.3 is 6.03 Å². The van der Waals surface area contributed by atoms with E-state index in [0.717, 1.165) is 65.1 Å². The van der Waals surface area contributed by atoms with E-state index >= 15 is 0 Å². The van der Waals surface area contributed by atoms with Crippen molar-refractivity contribution < 1.29 is 9.53 Å². The van der Waals surface area contributed by atoms with Gasteiger partial charge in [-0.3, -0.25) is 4.90 Å². The number of nitrogens with one attached hydrogen (secondary N) is 2. The number of benzene rings is 1. The van der Waals surface area contributed by atoms with Gasteiger partial charge in [0.1, 0.15) is 0 Å². The van der Waals surface area contributed by atoms with Gasteiger partial charge in [-0.15, -0.1) is 0 Å². The Morgan fingerprint density at radius 2 is 2.04 bits per heavy atom. The van der Waals surface area contributed by atoms with Crippen LogP contribution in [0.4, 0.5) is 4.79 Å². The van der Waals surface area contributed by atoms with Crippen LogP contribution in [0.25, 0.3) is 0 Å². The Bertz CT molecular complexity index is 527. The van der Waals surface area contributed by atoms with Crippen LogP contribution in [-0.4, -0.2) is 56.9 Å². The molecule has 2 aliphatic rings. The number of ether oxygens (including phenoxy) is 1. The third-order valence-electron chi connectivity index (χ3n) is 5.03. The van der Waals surface area contributed by atoms with Crippen LogP contribution in [0.2, 0.25) is 0 Å². The molecule has 0 bridgehead atoms. The van der Waals surface area contributed by atoms with Crippen LogP contribution >= 0.6 is 0 Å². The first-order valence-electron chi connectivity index (χ1n) is 9.20. The number of amides is 2. The number of rotatable bonds is 5. The standard InChI is InChI=1S/C19H29N3O2/c23-19(20-8-10-22-9-3-12-24-13-11-22)21-15-16-6-7-17-4-1-2-5-18(17)14-16/h1-2,4-5,16H,3,6-15H2,(H2,20,21,23)/t16-/m0/s1. The second-order valence-corrected chi connectivity index (χ2v) is 6.82. The molecule has 132 valence electrons. The van der Waals surface area contributed by atoms with Crippen LogP contribution < -0.4 is 10.6 Å². The smallest absolute Gasteiger partial charge is 0.314 e. The Balaban J connectivity index is 1.31. The fourth-order valence-corrected chi connectivity index (χ4v) is 3.60.